The molecule has 5 nitrogen and oxygen atoms in total. The van der Waals surface area contributed by atoms with Crippen LogP contribution in [-0.2, 0) is 0 Å². The van der Waals surface area contributed by atoms with Crippen LogP contribution in [0.5, 0.6) is 11.8 Å². The molecule has 2 aromatic heterocycles. The molecule has 0 N–H and O–H groups in total. The van der Waals surface area contributed by atoms with Crippen molar-refractivity contribution in [2.75, 3.05) is 13.7 Å². The molecule has 0 aliphatic heterocycles. The molecule has 0 saturated carbocycles. The summed E-state index contributed by atoms with van der Waals surface area (Å²) in [5.74, 6) is 1.20. The lowest BCUT2D eigenvalue weighted by atomic mass is 10.4. The Hall–Kier alpha value is -1.56. The van der Waals surface area contributed by atoms with Crippen molar-refractivity contribution < 1.29 is 13.9 Å². The predicted molar refractivity (Wildman–Crippen MR) is 60.1 cm³/mol. The Kier molecular flexibility index (Phi) is 3.09. The highest BCUT2D eigenvalue weighted by Crippen LogP contribution is 2.38. The number of rotatable bonds is 4. The van der Waals surface area contributed by atoms with E-state index in [1.54, 1.807) is 11.3 Å². The molecule has 2 heterocycles. The van der Waals surface area contributed by atoms with E-state index < -0.39 is 0 Å². The average Bonchev–Trinajstić information content (AvgIpc) is 2.85. The molecular weight excluding hydrogens is 228 g/mol. The zero-order valence-electron chi connectivity index (χ0n) is 9.31. The van der Waals surface area contributed by atoms with Gasteiger partial charge in [-0.1, -0.05) is 5.10 Å². The number of aryl methyl sites for hydroxylation is 1. The van der Waals surface area contributed by atoms with Gasteiger partial charge in [-0.25, -0.2) is 0 Å². The third-order valence-electron chi connectivity index (χ3n) is 1.90. The Morgan fingerprint density at radius 2 is 2.25 bits per heavy atom. The maximum Gasteiger partial charge on any atom is 0.414 e. The maximum atomic E-state index is 5.50. The summed E-state index contributed by atoms with van der Waals surface area (Å²) in [6.07, 6.45) is 0.156. The van der Waals surface area contributed by atoms with Crippen molar-refractivity contribution in [3.63, 3.8) is 0 Å². The fourth-order valence-corrected chi connectivity index (χ4v) is 2.16. The second kappa shape index (κ2) is 4.52. The van der Waals surface area contributed by atoms with Crippen molar-refractivity contribution in [2.24, 2.45) is 0 Å². The van der Waals surface area contributed by atoms with Crippen LogP contribution in [-0.4, -0.2) is 23.9 Å². The summed E-state index contributed by atoms with van der Waals surface area (Å²) in [7, 11) is 1.49. The highest BCUT2D eigenvalue weighted by molar-refractivity contribution is 7.15. The molecule has 0 atom stereocenters. The van der Waals surface area contributed by atoms with Crippen LogP contribution < -0.4 is 9.47 Å². The second-order valence-corrected chi connectivity index (χ2v) is 4.32. The molecule has 0 fully saturated rings. The largest absolute Gasteiger partial charge is 0.492 e. The molecule has 0 radical (unpaired) electrons. The van der Waals surface area contributed by atoms with Gasteiger partial charge in [0.2, 0.25) is 0 Å². The smallest absolute Gasteiger partial charge is 0.414 e. The van der Waals surface area contributed by atoms with Gasteiger partial charge in [0, 0.05) is 4.88 Å². The lowest BCUT2D eigenvalue weighted by Crippen LogP contribution is -1.90. The van der Waals surface area contributed by atoms with E-state index in [-0.39, 0.29) is 6.08 Å². The molecule has 0 spiro atoms. The quantitative estimate of drug-likeness (QED) is 0.821. The van der Waals surface area contributed by atoms with E-state index in [1.165, 1.54) is 7.11 Å². The van der Waals surface area contributed by atoms with Crippen LogP contribution in [0, 0.1) is 6.92 Å². The van der Waals surface area contributed by atoms with Gasteiger partial charge in [0.25, 0.3) is 5.89 Å². The summed E-state index contributed by atoms with van der Waals surface area (Å²) in [5, 5.41) is 7.64. The highest BCUT2D eigenvalue weighted by Gasteiger charge is 2.17. The third kappa shape index (κ3) is 2.01. The minimum absolute atomic E-state index is 0.156. The van der Waals surface area contributed by atoms with Crippen molar-refractivity contribution in [2.45, 2.75) is 13.8 Å². The first-order valence-electron chi connectivity index (χ1n) is 4.85. The van der Waals surface area contributed by atoms with Gasteiger partial charge >= 0.3 is 6.08 Å². The van der Waals surface area contributed by atoms with Gasteiger partial charge in [-0.05, 0) is 19.9 Å². The Balaban J connectivity index is 2.37. The zero-order chi connectivity index (χ0) is 11.5. The summed E-state index contributed by atoms with van der Waals surface area (Å²) >= 11 is 1.55. The highest BCUT2D eigenvalue weighted by atomic mass is 32.1. The molecule has 0 bridgehead atoms. The normalized spacial score (nSPS) is 10.4. The summed E-state index contributed by atoms with van der Waals surface area (Å²) in [5.41, 5.74) is 0. The topological polar surface area (TPSA) is 57.4 Å². The first kappa shape index (κ1) is 10.9. The van der Waals surface area contributed by atoms with Gasteiger partial charge in [0.15, 0.2) is 0 Å². The van der Waals surface area contributed by atoms with Crippen molar-refractivity contribution in [1.82, 2.24) is 10.2 Å². The van der Waals surface area contributed by atoms with Gasteiger partial charge in [0.1, 0.15) is 10.6 Å². The summed E-state index contributed by atoms with van der Waals surface area (Å²) < 4.78 is 15.6. The first-order chi connectivity index (χ1) is 7.74. The molecule has 86 valence electrons. The number of aromatic nitrogens is 2. The first-order valence-corrected chi connectivity index (χ1v) is 5.67. The molecular formula is C10H12N2O3S. The van der Waals surface area contributed by atoms with Crippen LogP contribution in [0.2, 0.25) is 0 Å². The molecule has 6 heteroatoms. The SMILES string of the molecule is CCOc1cc(C)sc1-c1nnc(OC)o1. The van der Waals surface area contributed by atoms with Gasteiger partial charge in [-0.2, -0.15) is 0 Å². The summed E-state index contributed by atoms with van der Waals surface area (Å²) in [6.45, 7) is 4.55. The molecule has 16 heavy (non-hydrogen) atoms. The minimum atomic E-state index is 0.156. The van der Waals surface area contributed by atoms with Gasteiger partial charge in [-0.3, -0.25) is 0 Å². The van der Waals surface area contributed by atoms with Crippen molar-refractivity contribution in [3.8, 4) is 22.6 Å². The van der Waals surface area contributed by atoms with Crippen LogP contribution in [0.25, 0.3) is 10.8 Å². The minimum Gasteiger partial charge on any atom is -0.492 e. The predicted octanol–water partition coefficient (Wildman–Crippen LogP) is 2.51. The number of thiophene rings is 1. The number of hydrogen-bond acceptors (Lipinski definition) is 6. The lowest BCUT2D eigenvalue weighted by molar-refractivity contribution is 0.292. The van der Waals surface area contributed by atoms with E-state index in [4.69, 9.17) is 13.9 Å². The second-order valence-electron chi connectivity index (χ2n) is 3.06. The summed E-state index contributed by atoms with van der Waals surface area (Å²) in [6, 6.07) is 1.96. The van der Waals surface area contributed by atoms with E-state index in [1.807, 2.05) is 19.9 Å². The van der Waals surface area contributed by atoms with Crippen LogP contribution in [0.1, 0.15) is 11.8 Å². The number of nitrogens with zero attached hydrogens (tertiary/aromatic N) is 2. The van der Waals surface area contributed by atoms with Crippen molar-refractivity contribution in [1.29, 1.82) is 0 Å². The molecule has 0 amide bonds. The van der Waals surface area contributed by atoms with Crippen LogP contribution in [0.4, 0.5) is 0 Å². The maximum absolute atomic E-state index is 5.50. The Bertz CT molecular complexity index is 478. The number of methoxy groups -OCH3 is 1. The van der Waals surface area contributed by atoms with E-state index >= 15 is 0 Å². The van der Waals surface area contributed by atoms with Gasteiger partial charge in [-0.15, -0.1) is 16.4 Å². The monoisotopic (exact) mass is 240 g/mol. The van der Waals surface area contributed by atoms with Crippen LogP contribution in [0.3, 0.4) is 0 Å². The zero-order valence-corrected chi connectivity index (χ0v) is 10.1. The average molecular weight is 240 g/mol. The molecule has 2 aromatic rings. The lowest BCUT2D eigenvalue weighted by Gasteiger charge is -2.00. The molecule has 0 unspecified atom stereocenters. The number of ether oxygens (including phenoxy) is 2. The Labute approximate surface area is 97.0 Å². The molecule has 0 saturated heterocycles. The van der Waals surface area contributed by atoms with E-state index in [9.17, 15) is 0 Å². The van der Waals surface area contributed by atoms with E-state index in [0.29, 0.717) is 12.5 Å². The van der Waals surface area contributed by atoms with Crippen LogP contribution in [0.15, 0.2) is 10.5 Å². The molecule has 2 rings (SSSR count). The van der Waals surface area contributed by atoms with Gasteiger partial charge < -0.3 is 13.9 Å². The van der Waals surface area contributed by atoms with E-state index in [2.05, 4.69) is 10.2 Å². The molecule has 0 aromatic carbocycles. The number of hydrogen-bond donors (Lipinski definition) is 0. The molecule has 0 aliphatic rings. The van der Waals surface area contributed by atoms with Crippen molar-refractivity contribution >= 4 is 11.3 Å². The fourth-order valence-electron chi connectivity index (χ4n) is 1.29. The third-order valence-corrected chi connectivity index (χ3v) is 2.92. The standard InChI is InChI=1S/C10H12N2O3S/c1-4-14-7-5-6(2)16-8(7)9-11-12-10(13-3)15-9/h5H,4H2,1-3H3. The van der Waals surface area contributed by atoms with Gasteiger partial charge in [0.05, 0.1) is 13.7 Å². The molecule has 0 aliphatic carbocycles. The van der Waals surface area contributed by atoms with E-state index in [0.717, 1.165) is 15.5 Å². The summed E-state index contributed by atoms with van der Waals surface area (Å²) in [4.78, 5) is 1.98. The Morgan fingerprint density at radius 1 is 1.44 bits per heavy atom. The van der Waals surface area contributed by atoms with Crippen molar-refractivity contribution in [3.05, 3.63) is 10.9 Å². The Morgan fingerprint density at radius 3 is 2.88 bits per heavy atom. The van der Waals surface area contributed by atoms with Crippen LogP contribution >= 0.6 is 11.3 Å². The fraction of sp³-hybridized carbons (Fsp3) is 0.400.